The van der Waals surface area contributed by atoms with Crippen molar-refractivity contribution in [2.75, 3.05) is 19.7 Å². The van der Waals surface area contributed by atoms with Gasteiger partial charge in [-0.15, -0.1) is 0 Å². The molecular formula is C36H45BN2O6. The van der Waals surface area contributed by atoms with Crippen molar-refractivity contribution in [2.24, 2.45) is 17.8 Å². The van der Waals surface area contributed by atoms with Crippen molar-refractivity contribution in [1.29, 1.82) is 0 Å². The molecule has 0 unspecified atom stereocenters. The summed E-state index contributed by atoms with van der Waals surface area (Å²) in [6.07, 6.45) is 6.73. The van der Waals surface area contributed by atoms with Crippen LogP contribution in [-0.4, -0.2) is 75.8 Å². The van der Waals surface area contributed by atoms with Crippen molar-refractivity contribution < 1.29 is 29.5 Å². The van der Waals surface area contributed by atoms with E-state index >= 15 is 0 Å². The predicted octanol–water partition coefficient (Wildman–Crippen LogP) is 4.81. The number of hydrogen-bond donors (Lipinski definition) is 3. The summed E-state index contributed by atoms with van der Waals surface area (Å²) in [7, 11) is -1.04. The van der Waals surface area contributed by atoms with Crippen molar-refractivity contribution in [3.63, 3.8) is 0 Å². The number of hydrogen-bond acceptors (Lipinski definition) is 7. The first kappa shape index (κ1) is 31.7. The highest BCUT2D eigenvalue weighted by molar-refractivity contribution is 6.43. The maximum atomic E-state index is 14.1. The Morgan fingerprint density at radius 1 is 1.00 bits per heavy atom. The second-order valence-corrected chi connectivity index (χ2v) is 13.2. The van der Waals surface area contributed by atoms with E-state index in [1.807, 2.05) is 36.4 Å². The molecule has 3 fully saturated rings. The number of phenolic OH excluding ortho intramolecular Hbond substituents is 1. The van der Waals surface area contributed by atoms with Crippen molar-refractivity contribution >= 4 is 25.0 Å². The number of nitrogens with zero attached hydrogens (tertiary/aromatic N) is 2. The second-order valence-electron chi connectivity index (χ2n) is 13.2. The molecule has 0 bridgehead atoms. The Hall–Kier alpha value is -3.24. The fraction of sp³-hybridized carbons (Fsp3) is 0.500. The first-order valence-electron chi connectivity index (χ1n) is 16.6. The van der Waals surface area contributed by atoms with E-state index in [4.69, 9.17) is 4.65 Å². The number of carbonyl (C=O) groups is 2. The highest BCUT2D eigenvalue weighted by Gasteiger charge is 2.58. The molecule has 3 saturated heterocycles. The summed E-state index contributed by atoms with van der Waals surface area (Å²) in [6, 6.07) is 17.5. The number of benzene rings is 2. The van der Waals surface area contributed by atoms with Crippen LogP contribution in [0.5, 0.6) is 5.75 Å². The molecule has 8 nitrogen and oxygen atoms in total. The Balaban J connectivity index is 1.17. The number of likely N-dealkylation sites (tertiary alicyclic amines) is 2. The zero-order chi connectivity index (χ0) is 31.5. The fourth-order valence-corrected chi connectivity index (χ4v) is 8.21. The number of aromatic hydroxyl groups is 1. The van der Waals surface area contributed by atoms with Crippen molar-refractivity contribution in [3.05, 3.63) is 82.4 Å². The third-order valence-corrected chi connectivity index (χ3v) is 10.3. The van der Waals surface area contributed by atoms with Gasteiger partial charge in [0.25, 0.3) is 0 Å². The maximum absolute atomic E-state index is 14.1. The number of imide groups is 1. The molecule has 3 heterocycles. The van der Waals surface area contributed by atoms with E-state index in [9.17, 15) is 24.8 Å². The molecule has 45 heavy (non-hydrogen) atoms. The third-order valence-electron chi connectivity index (χ3n) is 10.3. The molecular weight excluding hydrogens is 567 g/mol. The van der Waals surface area contributed by atoms with Crippen molar-refractivity contribution in [3.8, 4) is 5.75 Å². The molecule has 4 aliphatic rings. The van der Waals surface area contributed by atoms with Gasteiger partial charge in [0, 0.05) is 31.2 Å². The van der Waals surface area contributed by atoms with Crippen LogP contribution in [0.2, 0.25) is 6.32 Å². The van der Waals surface area contributed by atoms with Gasteiger partial charge in [-0.25, -0.2) is 0 Å². The summed E-state index contributed by atoms with van der Waals surface area (Å²) in [4.78, 5) is 31.9. The van der Waals surface area contributed by atoms with Crippen LogP contribution >= 0.6 is 0 Å². The lowest BCUT2D eigenvalue weighted by Crippen LogP contribution is -2.48. The molecule has 9 heteroatoms. The summed E-state index contributed by atoms with van der Waals surface area (Å²) in [5.41, 5.74) is 4.87. The molecule has 3 N–H and O–H groups in total. The highest BCUT2D eigenvalue weighted by Crippen LogP contribution is 2.51. The third kappa shape index (κ3) is 6.68. The summed E-state index contributed by atoms with van der Waals surface area (Å²) >= 11 is 0. The van der Waals surface area contributed by atoms with Gasteiger partial charge in [0.1, 0.15) is 5.75 Å². The van der Waals surface area contributed by atoms with Gasteiger partial charge in [-0.05, 0) is 73.5 Å². The zero-order valence-electron chi connectivity index (χ0n) is 26.2. The number of aliphatic hydroxyl groups is 1. The Bertz CT molecular complexity index is 1440. The number of fused-ring (bicyclic) bond motifs is 3. The normalized spacial score (nSPS) is 26.4. The molecule has 4 atom stereocenters. The van der Waals surface area contributed by atoms with Gasteiger partial charge in [-0.2, -0.15) is 0 Å². The number of rotatable bonds is 10. The summed E-state index contributed by atoms with van der Waals surface area (Å²) < 4.78 is 6.10. The zero-order valence-corrected chi connectivity index (χ0v) is 26.2. The maximum Gasteiger partial charge on any atom is 0.455 e. The minimum absolute atomic E-state index is 0.120. The van der Waals surface area contributed by atoms with Crippen LogP contribution in [0.3, 0.4) is 0 Å². The Kier molecular flexibility index (Phi) is 9.90. The Labute approximate surface area is 266 Å². The van der Waals surface area contributed by atoms with Gasteiger partial charge in [-0.3, -0.25) is 19.4 Å². The van der Waals surface area contributed by atoms with Gasteiger partial charge in [0.05, 0.1) is 24.5 Å². The molecule has 0 saturated carbocycles. The topological polar surface area (TPSA) is 111 Å². The number of carbonyl (C=O) groups excluding carboxylic acids is 2. The van der Waals surface area contributed by atoms with E-state index in [1.165, 1.54) is 5.56 Å². The molecule has 3 aliphatic heterocycles. The van der Waals surface area contributed by atoms with Crippen LogP contribution in [0, 0.1) is 17.8 Å². The van der Waals surface area contributed by atoms with E-state index in [-0.39, 0.29) is 42.5 Å². The second kappa shape index (κ2) is 14.0. The Morgan fingerprint density at radius 3 is 2.44 bits per heavy atom. The number of allylic oxidation sites excluding steroid dienone is 1. The minimum atomic E-state index is -1.04. The van der Waals surface area contributed by atoms with Gasteiger partial charge in [0.15, 0.2) is 0 Å². The van der Waals surface area contributed by atoms with Crippen LogP contribution < -0.4 is 0 Å². The van der Waals surface area contributed by atoms with Crippen LogP contribution in [0.15, 0.2) is 71.3 Å². The van der Waals surface area contributed by atoms with E-state index in [0.29, 0.717) is 19.3 Å². The smallest absolute Gasteiger partial charge is 0.455 e. The number of para-hydroxylation sites is 1. The van der Waals surface area contributed by atoms with Crippen LogP contribution in [0.4, 0.5) is 0 Å². The molecule has 0 aromatic heterocycles. The minimum Gasteiger partial charge on any atom is -0.507 e. The molecule has 0 spiro atoms. The van der Waals surface area contributed by atoms with Crippen molar-refractivity contribution in [1.82, 2.24) is 9.80 Å². The summed E-state index contributed by atoms with van der Waals surface area (Å²) in [6.45, 7) is 4.43. The fourth-order valence-electron chi connectivity index (χ4n) is 8.21. The molecule has 6 rings (SSSR count). The van der Waals surface area contributed by atoms with Gasteiger partial charge in [-0.1, -0.05) is 73.5 Å². The quantitative estimate of drug-likeness (QED) is 0.201. The molecule has 0 radical (unpaired) electrons. The average molecular weight is 613 g/mol. The number of phenols is 1. The number of aliphatic hydroxyl groups excluding tert-OH is 1. The first-order chi connectivity index (χ1) is 21.9. The number of piperidine rings is 1. The van der Waals surface area contributed by atoms with E-state index in [0.717, 1.165) is 67.6 Å². The standard InChI is InChI=1S/C36H45BN2O6/c1-2-8-24(19-26-11-6-7-12-31(26)41)13-14-32-33-27(23-40)20-29-34(30(33)21-37(44)45-32)36(43)39(35(29)42)28-15-17-38(18-16-28)22-25-9-4-3-5-10-25/h3-7,9-12,19,28-30,32,34,40-41,44H,2,8,13-18,20-23H2,1H3/b24-19+/t29-,30+,32-,34-/m1/s1. The SMILES string of the molecule is CCC/C(=C\c1ccccc1O)CC[C@H]1OB(O)C[C@H]2C1=C(CO)C[C@H]1C(=O)N(C3CCN(Cc4ccccc4)CC3)C(=O)[C@H]12. The summed E-state index contributed by atoms with van der Waals surface area (Å²) in [5, 5.41) is 31.7. The molecule has 1 aliphatic carbocycles. The lowest BCUT2D eigenvalue weighted by molar-refractivity contribution is -0.144. The van der Waals surface area contributed by atoms with E-state index in [1.54, 1.807) is 17.0 Å². The van der Waals surface area contributed by atoms with Crippen LogP contribution in [0.25, 0.3) is 6.08 Å². The van der Waals surface area contributed by atoms with E-state index < -0.39 is 25.1 Å². The van der Waals surface area contributed by atoms with Gasteiger partial charge in [0.2, 0.25) is 11.8 Å². The lowest BCUT2D eigenvalue weighted by atomic mass is 9.58. The molecule has 2 aromatic rings. The average Bonchev–Trinajstić information content (AvgIpc) is 3.30. The van der Waals surface area contributed by atoms with E-state index in [2.05, 4.69) is 24.0 Å². The van der Waals surface area contributed by atoms with Gasteiger partial charge >= 0.3 is 7.12 Å². The Morgan fingerprint density at radius 2 is 1.73 bits per heavy atom. The number of amides is 2. The van der Waals surface area contributed by atoms with Gasteiger partial charge < -0.3 is 19.9 Å². The predicted molar refractivity (Wildman–Crippen MR) is 174 cm³/mol. The first-order valence-corrected chi connectivity index (χ1v) is 16.6. The van der Waals surface area contributed by atoms with Crippen molar-refractivity contribution in [2.45, 2.75) is 76.9 Å². The highest BCUT2D eigenvalue weighted by atomic mass is 16.5. The molecule has 2 amide bonds. The largest absolute Gasteiger partial charge is 0.507 e. The lowest BCUT2D eigenvalue weighted by Gasteiger charge is -2.43. The molecule has 2 aromatic carbocycles. The molecule has 238 valence electrons. The summed E-state index contributed by atoms with van der Waals surface area (Å²) in [5.74, 6) is -1.38. The van der Waals surface area contributed by atoms with Crippen LogP contribution in [0.1, 0.15) is 63.0 Å². The monoisotopic (exact) mass is 612 g/mol. The van der Waals surface area contributed by atoms with Crippen LogP contribution in [-0.2, 0) is 20.8 Å².